The average Bonchev–Trinajstić information content (AvgIpc) is 2.73. The van der Waals surface area contributed by atoms with Gasteiger partial charge in [-0.15, -0.1) is 0 Å². The number of carbonyl (C=O) groups excluding carboxylic acids is 2. The van der Waals surface area contributed by atoms with Gasteiger partial charge in [-0.1, -0.05) is 0 Å². The lowest BCUT2D eigenvalue weighted by Crippen LogP contribution is -2.50. The van der Waals surface area contributed by atoms with E-state index in [1.807, 2.05) is 26.0 Å². The van der Waals surface area contributed by atoms with Crippen molar-refractivity contribution in [2.45, 2.75) is 13.8 Å². The van der Waals surface area contributed by atoms with Crippen molar-refractivity contribution in [2.24, 2.45) is 0 Å². The number of carbonyl (C=O) groups is 2. The van der Waals surface area contributed by atoms with Crippen LogP contribution in [0.15, 0.2) is 36.4 Å². The lowest BCUT2D eigenvalue weighted by atomic mass is 10.0. The average molecular weight is 397 g/mol. The first-order chi connectivity index (χ1) is 13.9. The summed E-state index contributed by atoms with van der Waals surface area (Å²) in [7, 11) is 0. The minimum absolute atomic E-state index is 0.0218. The lowest BCUT2D eigenvalue weighted by Gasteiger charge is -2.37. The van der Waals surface area contributed by atoms with E-state index in [0.29, 0.717) is 37.5 Å². The number of anilines is 1. The summed E-state index contributed by atoms with van der Waals surface area (Å²) in [4.78, 5) is 37.7. The van der Waals surface area contributed by atoms with Crippen LogP contribution in [0.5, 0.6) is 5.75 Å². The van der Waals surface area contributed by atoms with E-state index in [1.165, 1.54) is 24.3 Å². The molecule has 0 N–H and O–H groups in total. The third-order valence-corrected chi connectivity index (χ3v) is 5.09. The molecule has 1 amide bonds. The van der Waals surface area contributed by atoms with Crippen LogP contribution in [0, 0.1) is 24.0 Å². The number of aryl methyl sites for hydroxylation is 2. The van der Waals surface area contributed by atoms with Crippen molar-refractivity contribution in [1.82, 2.24) is 4.90 Å². The molecule has 8 heteroatoms. The lowest BCUT2D eigenvalue weighted by molar-refractivity contribution is -0.384. The maximum absolute atomic E-state index is 12.4. The Hall–Kier alpha value is -3.42. The monoisotopic (exact) mass is 397 g/mol. The molecule has 1 fully saturated rings. The SMILES string of the molecule is Cc1cc(N2CCN(C(=O)COc3ccc([N+](=O)[O-])cc3)CC2)c(C)cc1C=O. The zero-order valence-corrected chi connectivity index (χ0v) is 16.5. The number of benzene rings is 2. The largest absolute Gasteiger partial charge is 0.484 e. The number of non-ortho nitro benzene ring substituents is 1. The van der Waals surface area contributed by atoms with E-state index in [2.05, 4.69) is 4.90 Å². The first-order valence-corrected chi connectivity index (χ1v) is 9.35. The van der Waals surface area contributed by atoms with Crippen LogP contribution in [0.3, 0.4) is 0 Å². The maximum atomic E-state index is 12.4. The van der Waals surface area contributed by atoms with E-state index in [-0.39, 0.29) is 18.2 Å². The molecule has 0 saturated carbocycles. The van der Waals surface area contributed by atoms with E-state index in [9.17, 15) is 19.7 Å². The van der Waals surface area contributed by atoms with Crippen molar-refractivity contribution < 1.29 is 19.2 Å². The van der Waals surface area contributed by atoms with Crippen molar-refractivity contribution in [2.75, 3.05) is 37.7 Å². The molecular formula is C21H23N3O5. The molecule has 0 radical (unpaired) electrons. The molecule has 1 aliphatic heterocycles. The molecule has 0 aromatic heterocycles. The summed E-state index contributed by atoms with van der Waals surface area (Å²) < 4.78 is 5.47. The number of hydrogen-bond acceptors (Lipinski definition) is 6. The molecule has 0 unspecified atom stereocenters. The van der Waals surface area contributed by atoms with Crippen LogP contribution in [0.1, 0.15) is 21.5 Å². The first kappa shape index (κ1) is 20.3. The Bertz CT molecular complexity index is 919. The third-order valence-electron chi connectivity index (χ3n) is 5.09. The van der Waals surface area contributed by atoms with Crippen LogP contribution >= 0.6 is 0 Å². The van der Waals surface area contributed by atoms with Gasteiger partial charge in [-0.05, 0) is 49.2 Å². The molecule has 0 atom stereocenters. The first-order valence-electron chi connectivity index (χ1n) is 9.35. The van der Waals surface area contributed by atoms with Crippen molar-refractivity contribution in [3.05, 3.63) is 63.2 Å². The van der Waals surface area contributed by atoms with Crippen molar-refractivity contribution in [3.63, 3.8) is 0 Å². The molecule has 8 nitrogen and oxygen atoms in total. The van der Waals surface area contributed by atoms with E-state index >= 15 is 0 Å². The third kappa shape index (κ3) is 4.71. The van der Waals surface area contributed by atoms with E-state index in [4.69, 9.17) is 4.74 Å². The van der Waals surface area contributed by atoms with Gasteiger partial charge in [-0.2, -0.15) is 0 Å². The van der Waals surface area contributed by atoms with Crippen LogP contribution in [-0.2, 0) is 4.79 Å². The second kappa shape index (κ2) is 8.72. The summed E-state index contributed by atoms with van der Waals surface area (Å²) in [5.41, 5.74) is 3.74. The molecule has 1 saturated heterocycles. The summed E-state index contributed by atoms with van der Waals surface area (Å²) in [5.74, 6) is 0.302. The molecule has 2 aromatic rings. The van der Waals surface area contributed by atoms with Crippen LogP contribution < -0.4 is 9.64 Å². The molecule has 0 aliphatic carbocycles. The van der Waals surface area contributed by atoms with Crippen molar-refractivity contribution in [1.29, 1.82) is 0 Å². The smallest absolute Gasteiger partial charge is 0.269 e. The highest BCUT2D eigenvalue weighted by atomic mass is 16.6. The van der Waals surface area contributed by atoms with Gasteiger partial charge >= 0.3 is 0 Å². The highest BCUT2D eigenvalue weighted by molar-refractivity contribution is 5.80. The number of hydrogen-bond donors (Lipinski definition) is 0. The predicted molar refractivity (Wildman–Crippen MR) is 109 cm³/mol. The summed E-state index contributed by atoms with van der Waals surface area (Å²) in [6.07, 6.45) is 0.869. The number of aldehydes is 1. The Morgan fingerprint density at radius 3 is 2.34 bits per heavy atom. The Morgan fingerprint density at radius 1 is 1.10 bits per heavy atom. The zero-order valence-electron chi connectivity index (χ0n) is 16.5. The predicted octanol–water partition coefficient (Wildman–Crippen LogP) is 2.75. The van der Waals surface area contributed by atoms with E-state index in [1.54, 1.807) is 4.90 Å². The molecular weight excluding hydrogens is 374 g/mol. The second-order valence-electron chi connectivity index (χ2n) is 7.02. The van der Waals surface area contributed by atoms with Gasteiger partial charge in [0, 0.05) is 49.6 Å². The zero-order chi connectivity index (χ0) is 21.0. The maximum Gasteiger partial charge on any atom is 0.269 e. The van der Waals surface area contributed by atoms with Gasteiger partial charge in [0.2, 0.25) is 0 Å². The number of amides is 1. The molecule has 3 rings (SSSR count). The number of rotatable bonds is 6. The summed E-state index contributed by atoms with van der Waals surface area (Å²) >= 11 is 0. The Morgan fingerprint density at radius 2 is 1.76 bits per heavy atom. The molecule has 1 aliphatic rings. The van der Waals surface area contributed by atoms with E-state index in [0.717, 1.165) is 23.1 Å². The van der Waals surface area contributed by atoms with Crippen LogP contribution in [-0.4, -0.2) is 54.8 Å². The van der Waals surface area contributed by atoms with Gasteiger partial charge < -0.3 is 14.5 Å². The fourth-order valence-electron chi connectivity index (χ4n) is 3.39. The second-order valence-corrected chi connectivity index (χ2v) is 7.02. The number of piperazine rings is 1. The fraction of sp³-hybridized carbons (Fsp3) is 0.333. The quantitative estimate of drug-likeness (QED) is 0.423. The number of nitro benzene ring substituents is 1. The number of ether oxygens (including phenoxy) is 1. The number of nitro groups is 1. The molecule has 0 bridgehead atoms. The molecule has 1 heterocycles. The molecule has 152 valence electrons. The highest BCUT2D eigenvalue weighted by Crippen LogP contribution is 2.25. The number of nitrogens with zero attached hydrogens (tertiary/aromatic N) is 3. The van der Waals surface area contributed by atoms with Crippen molar-refractivity contribution >= 4 is 23.6 Å². The van der Waals surface area contributed by atoms with Gasteiger partial charge in [0.1, 0.15) is 12.0 Å². The van der Waals surface area contributed by atoms with Gasteiger partial charge in [0.15, 0.2) is 6.61 Å². The van der Waals surface area contributed by atoms with E-state index < -0.39 is 4.92 Å². The van der Waals surface area contributed by atoms with Crippen molar-refractivity contribution in [3.8, 4) is 5.75 Å². The molecule has 29 heavy (non-hydrogen) atoms. The standard InChI is InChI=1S/C21H23N3O5/c1-15-12-20(16(2)11-17(15)13-25)22-7-9-23(10-8-22)21(26)14-29-19-5-3-18(4-6-19)24(27)28/h3-6,11-13H,7-10,14H2,1-2H3. The van der Waals surface area contributed by atoms with Gasteiger partial charge in [0.25, 0.3) is 11.6 Å². The molecule has 2 aromatic carbocycles. The van der Waals surface area contributed by atoms with Gasteiger partial charge in [0.05, 0.1) is 4.92 Å². The van der Waals surface area contributed by atoms with Gasteiger partial charge in [-0.3, -0.25) is 19.7 Å². The summed E-state index contributed by atoms with van der Waals surface area (Å²) in [6.45, 7) is 6.35. The van der Waals surface area contributed by atoms with Crippen LogP contribution in [0.25, 0.3) is 0 Å². The Kier molecular flexibility index (Phi) is 6.11. The highest BCUT2D eigenvalue weighted by Gasteiger charge is 2.23. The minimum atomic E-state index is -0.482. The summed E-state index contributed by atoms with van der Waals surface area (Å²) in [6, 6.07) is 9.58. The van der Waals surface area contributed by atoms with Crippen LogP contribution in [0.4, 0.5) is 11.4 Å². The molecule has 0 spiro atoms. The van der Waals surface area contributed by atoms with Gasteiger partial charge in [-0.25, -0.2) is 0 Å². The van der Waals surface area contributed by atoms with Crippen LogP contribution in [0.2, 0.25) is 0 Å². The Labute approximate surface area is 168 Å². The summed E-state index contributed by atoms with van der Waals surface area (Å²) in [5, 5.41) is 10.7. The topological polar surface area (TPSA) is 93.0 Å². The Balaban J connectivity index is 1.53. The minimum Gasteiger partial charge on any atom is -0.484 e. The normalized spacial score (nSPS) is 13.9. The fourth-order valence-corrected chi connectivity index (χ4v) is 3.39.